The van der Waals surface area contributed by atoms with Crippen LogP contribution in [0.25, 0.3) is 0 Å². The van der Waals surface area contributed by atoms with Gasteiger partial charge in [0.1, 0.15) is 5.75 Å². The zero-order chi connectivity index (χ0) is 18.7. The molecule has 2 atom stereocenters. The summed E-state index contributed by atoms with van der Waals surface area (Å²) in [5.74, 6) is 0.839. The highest BCUT2D eigenvalue weighted by molar-refractivity contribution is 7.99. The summed E-state index contributed by atoms with van der Waals surface area (Å²) in [6, 6.07) is 14.6. The molecule has 2 unspecified atom stereocenters. The molecule has 0 saturated carbocycles. The van der Waals surface area contributed by atoms with Crippen LogP contribution in [0.3, 0.4) is 0 Å². The van der Waals surface area contributed by atoms with Crippen LogP contribution in [0, 0.1) is 6.92 Å². The fourth-order valence-electron chi connectivity index (χ4n) is 3.23. The number of nitrogens with zero attached hydrogens (tertiary/aromatic N) is 2. The van der Waals surface area contributed by atoms with Gasteiger partial charge in [-0.05, 0) is 56.4 Å². The van der Waals surface area contributed by atoms with Crippen molar-refractivity contribution in [2.24, 2.45) is 0 Å². The Morgan fingerprint density at radius 2 is 1.92 bits per heavy atom. The first-order chi connectivity index (χ1) is 12.5. The standard InChI is InChI=1S/C21H28N2O2S/c1-15-5-10-18-20(13-15)26-21(16-6-8-17(25-4)9-7-16)19(24)14-23(18)12-11-22(2)3/h5-10,13,19,21,24H,11-12,14H2,1-4H3. The normalized spacial score (nSPS) is 20.0. The molecule has 1 N–H and O–H groups in total. The average Bonchev–Trinajstić information content (AvgIpc) is 2.76. The predicted octanol–water partition coefficient (Wildman–Crippen LogP) is 3.58. The van der Waals surface area contributed by atoms with Crippen molar-refractivity contribution in [3.63, 3.8) is 0 Å². The number of β-amino-alcohol motifs (C(OH)–C–C–N with tert-alkyl or cyclic N) is 1. The topological polar surface area (TPSA) is 35.9 Å². The van der Waals surface area contributed by atoms with E-state index in [1.54, 1.807) is 18.9 Å². The second-order valence-corrected chi connectivity index (χ2v) is 8.28. The van der Waals surface area contributed by atoms with Crippen LogP contribution in [0.15, 0.2) is 47.4 Å². The molecule has 1 aliphatic rings. The molecule has 2 aromatic carbocycles. The molecule has 0 bridgehead atoms. The minimum Gasteiger partial charge on any atom is -0.497 e. The highest BCUT2D eigenvalue weighted by atomic mass is 32.2. The number of hydrogen-bond donors (Lipinski definition) is 1. The summed E-state index contributed by atoms with van der Waals surface area (Å²) in [4.78, 5) is 5.73. The van der Waals surface area contributed by atoms with Gasteiger partial charge in [0.2, 0.25) is 0 Å². The molecule has 4 nitrogen and oxygen atoms in total. The van der Waals surface area contributed by atoms with Gasteiger partial charge >= 0.3 is 0 Å². The highest BCUT2D eigenvalue weighted by Crippen LogP contribution is 2.45. The van der Waals surface area contributed by atoms with Crippen LogP contribution < -0.4 is 9.64 Å². The second kappa shape index (κ2) is 8.33. The Morgan fingerprint density at radius 3 is 2.58 bits per heavy atom. The van der Waals surface area contributed by atoms with Gasteiger partial charge in [-0.25, -0.2) is 0 Å². The van der Waals surface area contributed by atoms with Crippen LogP contribution in [0.1, 0.15) is 16.4 Å². The molecule has 0 aliphatic carbocycles. The number of thioether (sulfide) groups is 1. The van der Waals surface area contributed by atoms with E-state index in [1.165, 1.54) is 16.1 Å². The molecule has 1 aliphatic heterocycles. The van der Waals surface area contributed by atoms with Crippen LogP contribution in [-0.2, 0) is 0 Å². The van der Waals surface area contributed by atoms with Crippen LogP contribution in [0.4, 0.5) is 5.69 Å². The van der Waals surface area contributed by atoms with E-state index in [2.05, 4.69) is 61.2 Å². The minimum absolute atomic E-state index is 0.00538. The maximum Gasteiger partial charge on any atom is 0.118 e. The van der Waals surface area contributed by atoms with Crippen molar-refractivity contribution in [1.82, 2.24) is 4.90 Å². The number of methoxy groups -OCH3 is 1. The van der Waals surface area contributed by atoms with E-state index in [-0.39, 0.29) is 5.25 Å². The lowest BCUT2D eigenvalue weighted by atomic mass is 10.1. The van der Waals surface area contributed by atoms with E-state index in [9.17, 15) is 5.11 Å². The number of anilines is 1. The molecule has 0 radical (unpaired) electrons. The lowest BCUT2D eigenvalue weighted by molar-refractivity contribution is 0.177. The smallest absolute Gasteiger partial charge is 0.118 e. The van der Waals surface area contributed by atoms with E-state index in [0.717, 1.165) is 24.4 Å². The first kappa shape index (κ1) is 19.1. The number of benzene rings is 2. The van der Waals surface area contributed by atoms with Crippen LogP contribution >= 0.6 is 11.8 Å². The molecule has 26 heavy (non-hydrogen) atoms. The fraction of sp³-hybridized carbons (Fsp3) is 0.429. The van der Waals surface area contributed by atoms with Crippen molar-refractivity contribution < 1.29 is 9.84 Å². The lowest BCUT2D eigenvalue weighted by Crippen LogP contribution is -2.38. The third-order valence-electron chi connectivity index (χ3n) is 4.73. The molecule has 5 heteroatoms. The van der Waals surface area contributed by atoms with Gasteiger partial charge in [-0.15, -0.1) is 11.8 Å². The Hall–Kier alpha value is -1.69. The van der Waals surface area contributed by atoms with Crippen molar-refractivity contribution in [1.29, 1.82) is 0 Å². The summed E-state index contributed by atoms with van der Waals surface area (Å²) in [5.41, 5.74) is 3.59. The van der Waals surface area contributed by atoms with Gasteiger partial charge in [0.25, 0.3) is 0 Å². The number of fused-ring (bicyclic) bond motifs is 1. The highest BCUT2D eigenvalue weighted by Gasteiger charge is 2.30. The zero-order valence-electron chi connectivity index (χ0n) is 16.0. The zero-order valence-corrected chi connectivity index (χ0v) is 16.8. The summed E-state index contributed by atoms with van der Waals surface area (Å²) in [5, 5.41) is 11.0. The Morgan fingerprint density at radius 1 is 1.19 bits per heavy atom. The molecule has 0 fully saturated rings. The molecule has 2 aromatic rings. The molecule has 140 valence electrons. The van der Waals surface area contributed by atoms with E-state index in [1.807, 2.05) is 12.1 Å². The molecule has 0 spiro atoms. The van der Waals surface area contributed by atoms with Gasteiger partial charge in [-0.1, -0.05) is 18.2 Å². The molecule has 0 amide bonds. The largest absolute Gasteiger partial charge is 0.497 e. The van der Waals surface area contributed by atoms with Crippen LogP contribution in [-0.4, -0.2) is 56.9 Å². The van der Waals surface area contributed by atoms with E-state index in [4.69, 9.17) is 4.74 Å². The van der Waals surface area contributed by atoms with E-state index >= 15 is 0 Å². The average molecular weight is 373 g/mol. The lowest BCUT2D eigenvalue weighted by Gasteiger charge is -2.28. The van der Waals surface area contributed by atoms with Gasteiger partial charge in [-0.3, -0.25) is 0 Å². The summed E-state index contributed by atoms with van der Waals surface area (Å²) >= 11 is 1.76. The van der Waals surface area contributed by atoms with E-state index in [0.29, 0.717) is 6.54 Å². The van der Waals surface area contributed by atoms with Crippen LogP contribution in [0.2, 0.25) is 0 Å². The van der Waals surface area contributed by atoms with Crippen molar-refractivity contribution in [3.8, 4) is 5.75 Å². The van der Waals surface area contributed by atoms with E-state index < -0.39 is 6.10 Å². The molecule has 0 aromatic heterocycles. The maximum atomic E-state index is 11.0. The second-order valence-electron chi connectivity index (χ2n) is 7.10. The minimum atomic E-state index is -0.441. The van der Waals surface area contributed by atoms with Crippen molar-refractivity contribution in [2.45, 2.75) is 23.2 Å². The van der Waals surface area contributed by atoms with Crippen LogP contribution in [0.5, 0.6) is 5.75 Å². The summed E-state index contributed by atoms with van der Waals surface area (Å²) < 4.78 is 5.27. The number of hydrogen-bond acceptors (Lipinski definition) is 5. The Bertz CT molecular complexity index is 733. The van der Waals surface area contributed by atoms with Gasteiger partial charge in [0, 0.05) is 24.5 Å². The van der Waals surface area contributed by atoms with Crippen molar-refractivity contribution >= 4 is 17.4 Å². The number of rotatable bonds is 5. The number of aliphatic hydroxyl groups is 1. The number of likely N-dealkylation sites (N-methyl/N-ethyl adjacent to an activating group) is 1. The quantitative estimate of drug-likeness (QED) is 0.868. The summed E-state index contributed by atoms with van der Waals surface area (Å²) in [6.45, 7) is 4.61. The van der Waals surface area contributed by atoms with Gasteiger partial charge in [-0.2, -0.15) is 0 Å². The van der Waals surface area contributed by atoms with Crippen molar-refractivity contribution in [3.05, 3.63) is 53.6 Å². The SMILES string of the molecule is COc1ccc(C2Sc3cc(C)ccc3N(CCN(C)C)CC2O)cc1. The molecule has 3 rings (SSSR count). The first-order valence-electron chi connectivity index (χ1n) is 8.97. The van der Waals surface area contributed by atoms with Gasteiger partial charge in [0.05, 0.1) is 24.2 Å². The Balaban J connectivity index is 1.93. The number of ether oxygens (including phenoxy) is 1. The number of aliphatic hydroxyl groups excluding tert-OH is 1. The van der Waals surface area contributed by atoms with Gasteiger partial charge in [0.15, 0.2) is 0 Å². The number of aryl methyl sites for hydroxylation is 1. The summed E-state index contributed by atoms with van der Waals surface area (Å²) in [7, 11) is 5.84. The third-order valence-corrected chi connectivity index (χ3v) is 6.15. The molecular formula is C21H28N2O2S. The molecule has 0 saturated heterocycles. The predicted molar refractivity (Wildman–Crippen MR) is 110 cm³/mol. The maximum absolute atomic E-state index is 11.0. The molecular weight excluding hydrogens is 344 g/mol. The van der Waals surface area contributed by atoms with Gasteiger partial charge < -0.3 is 19.6 Å². The Labute approximate surface area is 160 Å². The summed E-state index contributed by atoms with van der Waals surface area (Å²) in [6.07, 6.45) is -0.441. The van der Waals surface area contributed by atoms with Crippen molar-refractivity contribution in [2.75, 3.05) is 45.7 Å². The fourth-order valence-corrected chi connectivity index (χ4v) is 4.61. The first-order valence-corrected chi connectivity index (χ1v) is 9.85. The molecule has 1 heterocycles. The monoisotopic (exact) mass is 372 g/mol. The third kappa shape index (κ3) is 4.34. The Kier molecular flexibility index (Phi) is 6.12.